The van der Waals surface area contributed by atoms with Crippen LogP contribution in [0.4, 0.5) is 0 Å². The smallest absolute Gasteiger partial charge is 0.135 e. The van der Waals surface area contributed by atoms with Crippen LogP contribution in [0.3, 0.4) is 0 Å². The molecule has 0 amide bonds. The van der Waals surface area contributed by atoms with Gasteiger partial charge in [-0.15, -0.1) is 6.42 Å². The van der Waals surface area contributed by atoms with Gasteiger partial charge in [0.05, 0.1) is 5.54 Å². The molecule has 0 spiro atoms. The van der Waals surface area contributed by atoms with Crippen molar-refractivity contribution in [1.82, 2.24) is 9.78 Å². The lowest BCUT2D eigenvalue weighted by molar-refractivity contribution is 0.251. The molecule has 0 saturated carbocycles. The van der Waals surface area contributed by atoms with E-state index in [1.54, 1.807) is 0 Å². The molecule has 2 heteroatoms. The Kier molecular flexibility index (Phi) is 3.35. The first-order chi connectivity index (χ1) is 6.66. The van der Waals surface area contributed by atoms with Gasteiger partial charge in [0.25, 0.3) is 0 Å². The van der Waals surface area contributed by atoms with Crippen LogP contribution in [0.5, 0.6) is 0 Å². The Morgan fingerprint density at radius 3 is 2.71 bits per heavy atom. The van der Waals surface area contributed by atoms with E-state index in [-0.39, 0.29) is 5.54 Å². The highest BCUT2D eigenvalue weighted by atomic mass is 15.3. The van der Waals surface area contributed by atoms with Gasteiger partial charge in [0, 0.05) is 6.20 Å². The quantitative estimate of drug-likeness (QED) is 0.667. The van der Waals surface area contributed by atoms with Crippen molar-refractivity contribution in [1.29, 1.82) is 0 Å². The molecule has 0 saturated heterocycles. The van der Waals surface area contributed by atoms with E-state index < -0.39 is 0 Å². The van der Waals surface area contributed by atoms with Gasteiger partial charge in [-0.25, -0.2) is 0 Å². The van der Waals surface area contributed by atoms with E-state index in [9.17, 15) is 0 Å². The fourth-order valence-electron chi connectivity index (χ4n) is 1.69. The molecule has 0 fully saturated rings. The molecule has 0 aromatic carbocycles. The highest BCUT2D eigenvalue weighted by molar-refractivity contribution is 5.22. The van der Waals surface area contributed by atoms with E-state index in [4.69, 9.17) is 6.42 Å². The molecule has 0 bridgehead atoms. The monoisotopic (exact) mass is 190 g/mol. The molecule has 1 aromatic heterocycles. The van der Waals surface area contributed by atoms with E-state index in [0.29, 0.717) is 0 Å². The van der Waals surface area contributed by atoms with Crippen LogP contribution in [0, 0.1) is 12.3 Å². The van der Waals surface area contributed by atoms with Crippen molar-refractivity contribution in [2.45, 2.75) is 45.6 Å². The van der Waals surface area contributed by atoms with Gasteiger partial charge in [-0.3, -0.25) is 4.68 Å². The number of hydrogen-bond acceptors (Lipinski definition) is 1. The predicted octanol–water partition coefficient (Wildman–Crippen LogP) is 2.79. The second-order valence-corrected chi connectivity index (χ2v) is 3.89. The Labute approximate surface area is 86.3 Å². The van der Waals surface area contributed by atoms with Crippen LogP contribution in [0.25, 0.3) is 0 Å². The zero-order valence-electron chi connectivity index (χ0n) is 9.25. The maximum atomic E-state index is 5.30. The Hall–Kier alpha value is -1.23. The number of hydrogen-bond donors (Lipinski definition) is 0. The maximum absolute atomic E-state index is 5.30. The first kappa shape index (κ1) is 10.8. The summed E-state index contributed by atoms with van der Waals surface area (Å²) >= 11 is 0. The summed E-state index contributed by atoms with van der Waals surface area (Å²) in [5.41, 5.74) is 0.838. The molecule has 2 nitrogen and oxygen atoms in total. The summed E-state index contributed by atoms with van der Waals surface area (Å²) in [4.78, 5) is 0. The van der Waals surface area contributed by atoms with Gasteiger partial charge in [-0.2, -0.15) is 5.10 Å². The summed E-state index contributed by atoms with van der Waals surface area (Å²) < 4.78 is 2.01. The SMILES string of the molecule is C#Cc1ccn(C(C)(CC)CCC)n1. The average molecular weight is 190 g/mol. The van der Waals surface area contributed by atoms with Crippen molar-refractivity contribution in [3.05, 3.63) is 18.0 Å². The van der Waals surface area contributed by atoms with Crippen LogP contribution in [-0.2, 0) is 5.54 Å². The second kappa shape index (κ2) is 4.32. The summed E-state index contributed by atoms with van der Waals surface area (Å²) in [7, 11) is 0. The standard InChI is InChI=1S/C12H18N2/c1-5-9-12(4,7-3)14-10-8-11(6-2)13-14/h2,8,10H,5,7,9H2,1,3-4H3. The second-order valence-electron chi connectivity index (χ2n) is 3.89. The predicted molar refractivity (Wildman–Crippen MR) is 59.0 cm³/mol. The van der Waals surface area contributed by atoms with Crippen molar-refractivity contribution >= 4 is 0 Å². The van der Waals surface area contributed by atoms with Gasteiger partial charge >= 0.3 is 0 Å². The molecule has 0 aliphatic rings. The molecule has 1 rings (SSSR count). The lowest BCUT2D eigenvalue weighted by Crippen LogP contribution is -2.29. The normalized spacial score (nSPS) is 14.7. The number of rotatable bonds is 4. The summed E-state index contributed by atoms with van der Waals surface area (Å²) in [6, 6.07) is 1.89. The van der Waals surface area contributed by atoms with Crippen LogP contribution in [0.2, 0.25) is 0 Å². The van der Waals surface area contributed by atoms with E-state index in [1.165, 1.54) is 0 Å². The maximum Gasteiger partial charge on any atom is 0.135 e. The Morgan fingerprint density at radius 1 is 1.57 bits per heavy atom. The average Bonchev–Trinajstić information content (AvgIpc) is 2.66. The number of aromatic nitrogens is 2. The minimum atomic E-state index is 0.115. The van der Waals surface area contributed by atoms with Crippen LogP contribution in [0.1, 0.15) is 45.7 Å². The van der Waals surface area contributed by atoms with Gasteiger partial charge in [0.1, 0.15) is 5.69 Å². The summed E-state index contributed by atoms with van der Waals surface area (Å²) in [5, 5.41) is 4.37. The fraction of sp³-hybridized carbons (Fsp3) is 0.583. The van der Waals surface area contributed by atoms with Crippen LogP contribution in [-0.4, -0.2) is 9.78 Å². The Balaban J connectivity index is 2.95. The van der Waals surface area contributed by atoms with Gasteiger partial charge in [0.15, 0.2) is 0 Å². The van der Waals surface area contributed by atoms with Crippen molar-refractivity contribution in [3.8, 4) is 12.3 Å². The molecule has 1 unspecified atom stereocenters. The minimum absolute atomic E-state index is 0.115. The third-order valence-electron chi connectivity index (χ3n) is 2.84. The molecule has 1 atom stereocenters. The van der Waals surface area contributed by atoms with Crippen molar-refractivity contribution in [3.63, 3.8) is 0 Å². The van der Waals surface area contributed by atoms with Gasteiger partial charge in [0.2, 0.25) is 0 Å². The lowest BCUT2D eigenvalue weighted by atomic mass is 9.93. The number of nitrogens with zero attached hydrogens (tertiary/aromatic N) is 2. The van der Waals surface area contributed by atoms with E-state index in [2.05, 4.69) is 31.8 Å². The zero-order chi connectivity index (χ0) is 10.6. The zero-order valence-corrected chi connectivity index (χ0v) is 9.25. The molecular weight excluding hydrogens is 172 g/mol. The highest BCUT2D eigenvalue weighted by Gasteiger charge is 2.23. The van der Waals surface area contributed by atoms with Crippen molar-refractivity contribution < 1.29 is 0 Å². The van der Waals surface area contributed by atoms with E-state index in [0.717, 1.165) is 25.0 Å². The van der Waals surface area contributed by atoms with Gasteiger partial charge in [-0.1, -0.05) is 20.3 Å². The molecule has 0 aliphatic heterocycles. The van der Waals surface area contributed by atoms with Crippen LogP contribution in [0.15, 0.2) is 12.3 Å². The largest absolute Gasteiger partial charge is 0.266 e. The molecule has 1 heterocycles. The molecule has 1 aromatic rings. The van der Waals surface area contributed by atoms with Crippen molar-refractivity contribution in [2.24, 2.45) is 0 Å². The van der Waals surface area contributed by atoms with Gasteiger partial charge in [-0.05, 0) is 31.8 Å². The third kappa shape index (κ3) is 1.98. The topological polar surface area (TPSA) is 17.8 Å². The molecular formula is C12H18N2. The highest BCUT2D eigenvalue weighted by Crippen LogP contribution is 2.25. The van der Waals surface area contributed by atoms with Crippen LogP contribution >= 0.6 is 0 Å². The fourth-order valence-corrected chi connectivity index (χ4v) is 1.69. The molecule has 0 radical (unpaired) electrons. The van der Waals surface area contributed by atoms with Gasteiger partial charge < -0.3 is 0 Å². The van der Waals surface area contributed by atoms with E-state index >= 15 is 0 Å². The summed E-state index contributed by atoms with van der Waals surface area (Å²) in [6.07, 6.45) is 10.6. The summed E-state index contributed by atoms with van der Waals surface area (Å²) in [5.74, 6) is 2.55. The number of terminal acetylenes is 1. The Bertz CT molecular complexity index is 332. The molecule has 0 aliphatic carbocycles. The molecule has 14 heavy (non-hydrogen) atoms. The minimum Gasteiger partial charge on any atom is -0.266 e. The molecule has 76 valence electrons. The summed E-state index contributed by atoms with van der Waals surface area (Å²) in [6.45, 7) is 6.61. The lowest BCUT2D eigenvalue weighted by Gasteiger charge is -2.28. The van der Waals surface area contributed by atoms with Crippen LogP contribution < -0.4 is 0 Å². The van der Waals surface area contributed by atoms with Crippen molar-refractivity contribution in [2.75, 3.05) is 0 Å². The van der Waals surface area contributed by atoms with E-state index in [1.807, 2.05) is 16.9 Å². The molecule has 0 N–H and O–H groups in total. The third-order valence-corrected chi connectivity index (χ3v) is 2.84. The first-order valence-electron chi connectivity index (χ1n) is 5.19. The first-order valence-corrected chi connectivity index (χ1v) is 5.19. The Morgan fingerprint density at radius 2 is 2.29 bits per heavy atom.